The minimum atomic E-state index is -5.21. The molecule has 0 saturated heterocycles. The van der Waals surface area contributed by atoms with E-state index in [0.29, 0.717) is 6.07 Å². The standard InChI is InChI=1S/C24H17Cl2N3O9S2.2Na/c1-38-18-5-3-2-4-16(18)28-29-22-20(40(35,36)37)11-14-19(39(32,33)34)9-8-17(21(14)23(22)30)27-24(31)13-10-12(25)6-7-15(13)26;;/h2-11,30H,1H3,(H,27,31)(H,32,33,34)(H,35,36,37);;/q;2*+1/p-2. The van der Waals surface area contributed by atoms with Crippen LogP contribution in [0.3, 0.4) is 0 Å². The van der Waals surface area contributed by atoms with Gasteiger partial charge in [0.15, 0.2) is 0 Å². The molecule has 208 valence electrons. The summed E-state index contributed by atoms with van der Waals surface area (Å²) in [7, 11) is -8.92. The number of rotatable bonds is 7. The second-order valence-electron chi connectivity index (χ2n) is 7.92. The molecule has 18 heteroatoms. The van der Waals surface area contributed by atoms with E-state index < -0.39 is 63.8 Å². The van der Waals surface area contributed by atoms with E-state index in [1.165, 1.54) is 37.4 Å². The number of halogens is 2. The van der Waals surface area contributed by atoms with Crippen molar-refractivity contribution in [3.8, 4) is 11.5 Å². The third-order valence-corrected chi connectivity index (χ3v) is 7.76. The second kappa shape index (κ2) is 14.3. The fourth-order valence-corrected chi connectivity index (χ4v) is 5.35. The van der Waals surface area contributed by atoms with Gasteiger partial charge in [-0.25, -0.2) is 0 Å². The maximum absolute atomic E-state index is 13.7. The first-order valence-corrected chi connectivity index (χ1v) is 14.4. The largest absolute Gasteiger partial charge is 1.00 e. The maximum Gasteiger partial charge on any atom is 1.00 e. The average Bonchev–Trinajstić information content (AvgIpc) is 2.88. The maximum atomic E-state index is 13.7. The number of hydrogen-bond acceptors (Lipinski definition) is 10. The van der Waals surface area contributed by atoms with Crippen LogP contribution in [0, 0.1) is 0 Å². The topological polar surface area (TPSA) is 201 Å². The smallest absolute Gasteiger partial charge is 0.870 e. The van der Waals surface area contributed by atoms with Crippen LogP contribution >= 0.6 is 23.2 Å². The van der Waals surface area contributed by atoms with Crippen LogP contribution in [0.15, 0.2) is 85.7 Å². The van der Waals surface area contributed by atoms with Crippen LogP contribution in [0.2, 0.25) is 10.0 Å². The summed E-state index contributed by atoms with van der Waals surface area (Å²) in [5, 5.41) is 33.0. The number of ether oxygens (including phenoxy) is 1. The van der Waals surface area contributed by atoms with Crippen LogP contribution in [0.4, 0.5) is 17.1 Å². The molecule has 4 rings (SSSR count). The van der Waals surface area contributed by atoms with Crippen LogP contribution in [0.25, 0.3) is 10.8 Å². The Kier molecular flexibility index (Phi) is 12.4. The fraction of sp³-hybridized carbons (Fsp3) is 0.0417. The summed E-state index contributed by atoms with van der Waals surface area (Å²) in [5.74, 6) is -2.05. The Morgan fingerprint density at radius 2 is 1.50 bits per heavy atom. The Morgan fingerprint density at radius 1 is 0.857 bits per heavy atom. The fourth-order valence-electron chi connectivity index (χ4n) is 3.66. The average molecular weight is 670 g/mol. The number of hydrogen-bond donors (Lipinski definition) is 2. The zero-order valence-electron chi connectivity index (χ0n) is 21.9. The van der Waals surface area contributed by atoms with Crippen molar-refractivity contribution >= 4 is 77.2 Å². The molecule has 0 fully saturated rings. The van der Waals surface area contributed by atoms with E-state index in [-0.39, 0.29) is 86.2 Å². The molecule has 0 aliphatic rings. The van der Waals surface area contributed by atoms with Gasteiger partial charge < -0.3 is 14.9 Å². The van der Waals surface area contributed by atoms with E-state index >= 15 is 0 Å². The van der Waals surface area contributed by atoms with Crippen molar-refractivity contribution in [3.05, 3.63) is 76.3 Å². The van der Waals surface area contributed by atoms with Crippen molar-refractivity contribution in [2.45, 2.75) is 9.79 Å². The molecule has 0 spiro atoms. The van der Waals surface area contributed by atoms with Crippen molar-refractivity contribution in [1.29, 1.82) is 0 Å². The van der Waals surface area contributed by atoms with E-state index in [0.717, 1.165) is 12.1 Å². The molecule has 2 N–H and O–H groups in total. The van der Waals surface area contributed by atoms with Crippen LogP contribution in [-0.4, -0.2) is 38.9 Å². The van der Waals surface area contributed by atoms with Crippen LogP contribution < -0.4 is 74.1 Å². The van der Waals surface area contributed by atoms with Crippen molar-refractivity contribution in [2.75, 3.05) is 7.11 Å². The molecule has 42 heavy (non-hydrogen) atoms. The van der Waals surface area contributed by atoms with Crippen molar-refractivity contribution in [3.63, 3.8) is 0 Å². The molecule has 0 aliphatic carbocycles. The van der Waals surface area contributed by atoms with Gasteiger partial charge in [-0.05, 0) is 54.4 Å². The minimum Gasteiger partial charge on any atom is -0.870 e. The zero-order valence-corrected chi connectivity index (χ0v) is 29.1. The Labute approximate surface area is 294 Å². The number of benzene rings is 4. The number of fused-ring (bicyclic) bond motifs is 1. The first-order chi connectivity index (χ1) is 18.7. The Balaban J connectivity index is 0.00000308. The van der Waals surface area contributed by atoms with Gasteiger partial charge in [-0.15, -0.1) is 10.2 Å². The van der Waals surface area contributed by atoms with E-state index in [2.05, 4.69) is 15.2 Å². The Hall–Kier alpha value is -1.79. The van der Waals surface area contributed by atoms with Crippen molar-refractivity contribution < 1.29 is 100 Å². The predicted octanol–water partition coefficient (Wildman–Crippen LogP) is -1.42. The molecule has 0 aliphatic heterocycles. The minimum absolute atomic E-state index is 0. The molecule has 0 radical (unpaired) electrons. The number of para-hydroxylation sites is 1. The first kappa shape index (κ1) is 36.4. The van der Waals surface area contributed by atoms with Gasteiger partial charge in [0.1, 0.15) is 21.2 Å². The van der Waals surface area contributed by atoms with E-state index in [1.54, 1.807) is 12.1 Å². The van der Waals surface area contributed by atoms with E-state index in [1.807, 2.05) is 0 Å². The summed E-state index contributed by atoms with van der Waals surface area (Å²) in [6, 6.07) is 12.4. The molecule has 0 atom stereocenters. The summed E-state index contributed by atoms with van der Waals surface area (Å²) >= 11 is 12.0. The van der Waals surface area contributed by atoms with Gasteiger partial charge in [-0.2, -0.15) is 16.8 Å². The summed E-state index contributed by atoms with van der Waals surface area (Å²) in [6.45, 7) is 0. The monoisotopic (exact) mass is 669 g/mol. The summed E-state index contributed by atoms with van der Waals surface area (Å²) < 4.78 is 73.4. The number of methoxy groups -OCH3 is 1. The molecule has 12 nitrogen and oxygen atoms in total. The van der Waals surface area contributed by atoms with Crippen LogP contribution in [0.5, 0.6) is 11.5 Å². The molecule has 0 bridgehead atoms. The van der Waals surface area contributed by atoms with Gasteiger partial charge in [0.05, 0.1) is 18.5 Å². The van der Waals surface area contributed by atoms with Gasteiger partial charge in [-0.3, -0.25) is 14.1 Å². The van der Waals surface area contributed by atoms with Gasteiger partial charge in [-0.1, -0.05) is 41.1 Å². The quantitative estimate of drug-likeness (QED) is 0.0779. The molecular weight excluding hydrogens is 655 g/mol. The molecule has 4 aromatic rings. The summed E-state index contributed by atoms with van der Waals surface area (Å²) in [6.07, 6.45) is 0. The van der Waals surface area contributed by atoms with Gasteiger partial charge in [0.2, 0.25) is 0 Å². The van der Waals surface area contributed by atoms with Gasteiger partial charge >= 0.3 is 59.1 Å². The number of aliphatic imine (C=N–C) groups is 1. The molecule has 0 aromatic heterocycles. The molecule has 0 amide bonds. The van der Waals surface area contributed by atoms with Crippen molar-refractivity contribution in [2.24, 2.45) is 15.2 Å². The van der Waals surface area contributed by atoms with Crippen LogP contribution in [-0.2, 0) is 20.2 Å². The number of azo groups is 1. The third-order valence-electron chi connectivity index (χ3n) is 5.41. The molecule has 0 heterocycles. The zero-order chi connectivity index (χ0) is 29.4. The Bertz CT molecular complexity index is 1960. The molecular formula is C24H15Cl2N3Na2O9S2. The normalized spacial score (nSPS) is 12.2. The Morgan fingerprint density at radius 3 is 2.12 bits per heavy atom. The van der Waals surface area contributed by atoms with Crippen LogP contribution in [0.1, 0.15) is 5.56 Å². The third kappa shape index (κ3) is 7.83. The van der Waals surface area contributed by atoms with E-state index in [9.17, 15) is 36.2 Å². The van der Waals surface area contributed by atoms with E-state index in [4.69, 9.17) is 27.9 Å². The number of nitrogens with zero attached hydrogens (tertiary/aromatic N) is 3. The summed E-state index contributed by atoms with van der Waals surface area (Å²) in [5.41, 5.74) is -1.44. The summed E-state index contributed by atoms with van der Waals surface area (Å²) in [4.78, 5) is 1.85. The first-order valence-electron chi connectivity index (χ1n) is 10.7. The van der Waals surface area contributed by atoms with Gasteiger partial charge in [0, 0.05) is 26.4 Å². The predicted molar refractivity (Wildman–Crippen MR) is 143 cm³/mol. The molecule has 4 aromatic carbocycles. The van der Waals surface area contributed by atoms with Gasteiger partial charge in [0.25, 0.3) is 20.2 Å². The SMILES string of the molecule is COc1ccccc1N=Nc1c(S(=O)(=O)O)cc2c(S(=O)(=O)O)ccc(N=C([O-])c3cc(Cl)ccc3Cl)c2c1[O-].[Na+].[Na+]. The van der Waals surface area contributed by atoms with Crippen molar-refractivity contribution in [1.82, 2.24) is 0 Å². The molecule has 0 saturated carbocycles. The second-order valence-corrected chi connectivity index (χ2v) is 11.5. The molecule has 0 unspecified atom stereocenters.